The Morgan fingerprint density at radius 2 is 2.00 bits per heavy atom. The molecule has 0 saturated carbocycles. The van der Waals surface area contributed by atoms with Gasteiger partial charge in [-0.05, 0) is 6.07 Å². The van der Waals surface area contributed by atoms with Crippen molar-refractivity contribution in [2.45, 2.75) is 12.7 Å². The molecule has 0 atom stereocenters. The van der Waals surface area contributed by atoms with Crippen LogP contribution in [-0.4, -0.2) is 16.1 Å². The molecule has 0 bridgehead atoms. The van der Waals surface area contributed by atoms with Crippen LogP contribution in [0.2, 0.25) is 0 Å². The highest BCUT2D eigenvalue weighted by atomic mass is 19.4. The molecule has 78 valence electrons. The molecule has 1 rings (SSSR count). The van der Waals surface area contributed by atoms with Crippen LogP contribution in [0.15, 0.2) is 6.07 Å². The molecular weight excluding hydrogens is 211 g/mol. The Labute approximate surface area is 74.1 Å². The molecule has 1 aromatic rings. The standard InChI is InChI=1S/C6H3F5N2O/c7-5(8)13-3(2-14)1-4(12-13)6(9,10)11/h1-2,5H. The lowest BCUT2D eigenvalue weighted by molar-refractivity contribution is -0.142. The molecule has 8 heteroatoms. The lowest BCUT2D eigenvalue weighted by Gasteiger charge is -2.01. The molecule has 0 fully saturated rings. The maximum absolute atomic E-state index is 12.0. The summed E-state index contributed by atoms with van der Waals surface area (Å²) in [6.07, 6.45) is -4.95. The summed E-state index contributed by atoms with van der Waals surface area (Å²) < 4.78 is 59.5. The maximum atomic E-state index is 12.0. The summed E-state index contributed by atoms with van der Waals surface area (Å²) >= 11 is 0. The van der Waals surface area contributed by atoms with Crippen LogP contribution in [0.25, 0.3) is 0 Å². The summed E-state index contributed by atoms with van der Waals surface area (Å²) in [5, 5.41) is 2.56. The first-order valence-electron chi connectivity index (χ1n) is 3.26. The number of aromatic nitrogens is 2. The van der Waals surface area contributed by atoms with E-state index >= 15 is 0 Å². The van der Waals surface area contributed by atoms with Gasteiger partial charge in [-0.2, -0.15) is 27.1 Å². The van der Waals surface area contributed by atoms with Crippen LogP contribution >= 0.6 is 0 Å². The van der Waals surface area contributed by atoms with Gasteiger partial charge < -0.3 is 0 Å². The lowest BCUT2D eigenvalue weighted by Crippen LogP contribution is -2.09. The van der Waals surface area contributed by atoms with E-state index < -0.39 is 24.1 Å². The summed E-state index contributed by atoms with van der Waals surface area (Å²) in [5.74, 6) is 0. The summed E-state index contributed by atoms with van der Waals surface area (Å²) in [6, 6.07) is 0.263. The topological polar surface area (TPSA) is 34.9 Å². The summed E-state index contributed by atoms with van der Waals surface area (Å²) in [4.78, 5) is 10.1. The normalized spacial score (nSPS) is 12.1. The number of aldehydes is 1. The number of hydrogen-bond donors (Lipinski definition) is 0. The van der Waals surface area contributed by atoms with Gasteiger partial charge in [0.1, 0.15) is 5.69 Å². The Morgan fingerprint density at radius 3 is 2.29 bits per heavy atom. The number of halogens is 5. The van der Waals surface area contributed by atoms with Gasteiger partial charge >= 0.3 is 12.7 Å². The van der Waals surface area contributed by atoms with Gasteiger partial charge in [-0.25, -0.2) is 4.68 Å². The van der Waals surface area contributed by atoms with Gasteiger partial charge in [0.25, 0.3) is 0 Å². The van der Waals surface area contributed by atoms with Gasteiger partial charge in [0.2, 0.25) is 0 Å². The summed E-state index contributed by atoms with van der Waals surface area (Å²) in [7, 11) is 0. The molecule has 0 amide bonds. The molecule has 1 aromatic heterocycles. The van der Waals surface area contributed by atoms with E-state index in [4.69, 9.17) is 0 Å². The second kappa shape index (κ2) is 3.35. The number of hydrogen-bond acceptors (Lipinski definition) is 2. The van der Waals surface area contributed by atoms with Crippen LogP contribution in [0.5, 0.6) is 0 Å². The third kappa shape index (κ3) is 1.88. The third-order valence-corrected chi connectivity index (χ3v) is 1.36. The highest BCUT2D eigenvalue weighted by molar-refractivity contribution is 5.72. The third-order valence-electron chi connectivity index (χ3n) is 1.36. The van der Waals surface area contributed by atoms with E-state index in [1.165, 1.54) is 0 Å². The zero-order valence-electron chi connectivity index (χ0n) is 6.42. The molecule has 3 nitrogen and oxygen atoms in total. The van der Waals surface area contributed by atoms with E-state index in [9.17, 15) is 26.7 Å². The van der Waals surface area contributed by atoms with E-state index in [0.29, 0.717) is 0 Å². The van der Waals surface area contributed by atoms with Crippen molar-refractivity contribution < 1.29 is 26.7 Å². The van der Waals surface area contributed by atoms with Crippen LogP contribution in [0.4, 0.5) is 22.0 Å². The fourth-order valence-electron chi connectivity index (χ4n) is 0.792. The average Bonchev–Trinajstić information content (AvgIpc) is 2.45. The fourth-order valence-corrected chi connectivity index (χ4v) is 0.792. The predicted molar refractivity (Wildman–Crippen MR) is 33.9 cm³/mol. The van der Waals surface area contributed by atoms with Crippen molar-refractivity contribution in [1.29, 1.82) is 0 Å². The van der Waals surface area contributed by atoms with E-state index in [1.54, 1.807) is 0 Å². The Hall–Kier alpha value is -1.47. The quantitative estimate of drug-likeness (QED) is 0.558. The van der Waals surface area contributed by atoms with E-state index in [0.717, 1.165) is 0 Å². The second-order valence-electron chi connectivity index (χ2n) is 2.29. The average molecular weight is 214 g/mol. The van der Waals surface area contributed by atoms with Crippen LogP contribution in [0, 0.1) is 0 Å². The van der Waals surface area contributed by atoms with Gasteiger partial charge in [-0.1, -0.05) is 0 Å². The molecule has 0 aliphatic heterocycles. The molecular formula is C6H3F5N2O. The highest BCUT2D eigenvalue weighted by Gasteiger charge is 2.35. The summed E-state index contributed by atoms with van der Waals surface area (Å²) in [5.41, 5.74) is -2.33. The minimum absolute atomic E-state index is 0.117. The van der Waals surface area contributed by atoms with E-state index in [-0.39, 0.29) is 17.0 Å². The largest absolute Gasteiger partial charge is 0.435 e. The number of carbonyl (C=O) groups excluding carboxylic acids is 1. The lowest BCUT2D eigenvalue weighted by atomic mass is 10.3. The van der Waals surface area contributed by atoms with Gasteiger partial charge in [-0.3, -0.25) is 4.79 Å². The van der Waals surface area contributed by atoms with Gasteiger partial charge in [0.05, 0.1) is 0 Å². The van der Waals surface area contributed by atoms with Crippen LogP contribution in [0.3, 0.4) is 0 Å². The minimum Gasteiger partial charge on any atom is -0.296 e. The van der Waals surface area contributed by atoms with Crippen molar-refractivity contribution in [2.24, 2.45) is 0 Å². The van der Waals surface area contributed by atoms with Crippen molar-refractivity contribution in [3.05, 3.63) is 17.5 Å². The molecule has 0 radical (unpaired) electrons. The van der Waals surface area contributed by atoms with Crippen LogP contribution < -0.4 is 0 Å². The SMILES string of the molecule is O=Cc1cc(C(F)(F)F)nn1C(F)F. The van der Waals surface area contributed by atoms with Crippen LogP contribution in [-0.2, 0) is 6.18 Å². The molecule has 0 unspecified atom stereocenters. The molecule has 0 aliphatic carbocycles. The highest BCUT2D eigenvalue weighted by Crippen LogP contribution is 2.29. The summed E-state index contributed by atoms with van der Waals surface area (Å²) in [6.45, 7) is -3.27. The molecule has 0 aliphatic rings. The molecule has 1 heterocycles. The molecule has 0 aromatic carbocycles. The first-order valence-corrected chi connectivity index (χ1v) is 3.26. The molecule has 14 heavy (non-hydrogen) atoms. The zero-order chi connectivity index (χ0) is 10.9. The Morgan fingerprint density at radius 1 is 1.43 bits per heavy atom. The number of carbonyl (C=O) groups is 1. The van der Waals surface area contributed by atoms with E-state index in [1.807, 2.05) is 0 Å². The Bertz CT molecular complexity index is 342. The first kappa shape index (κ1) is 10.6. The maximum Gasteiger partial charge on any atom is 0.435 e. The molecule has 0 spiro atoms. The fraction of sp³-hybridized carbons (Fsp3) is 0.333. The first-order chi connectivity index (χ1) is 6.36. The number of rotatable bonds is 2. The van der Waals surface area contributed by atoms with Crippen molar-refractivity contribution in [1.82, 2.24) is 9.78 Å². The smallest absolute Gasteiger partial charge is 0.296 e. The van der Waals surface area contributed by atoms with Crippen LogP contribution in [0.1, 0.15) is 22.7 Å². The van der Waals surface area contributed by atoms with Gasteiger partial charge in [0.15, 0.2) is 12.0 Å². The molecule has 0 saturated heterocycles. The van der Waals surface area contributed by atoms with Crippen molar-refractivity contribution in [3.63, 3.8) is 0 Å². The Kier molecular flexibility index (Phi) is 2.54. The number of nitrogens with zero attached hydrogens (tertiary/aromatic N) is 2. The predicted octanol–water partition coefficient (Wildman–Crippen LogP) is 2.11. The van der Waals surface area contributed by atoms with Crippen molar-refractivity contribution in [3.8, 4) is 0 Å². The Balaban J connectivity index is 3.20. The monoisotopic (exact) mass is 214 g/mol. The minimum atomic E-state index is -4.84. The van der Waals surface area contributed by atoms with Gasteiger partial charge in [-0.15, -0.1) is 0 Å². The van der Waals surface area contributed by atoms with Gasteiger partial charge in [0, 0.05) is 0 Å². The number of alkyl halides is 5. The zero-order valence-corrected chi connectivity index (χ0v) is 6.42. The van der Waals surface area contributed by atoms with Crippen molar-refractivity contribution >= 4 is 6.29 Å². The molecule has 0 N–H and O–H groups in total. The second-order valence-corrected chi connectivity index (χ2v) is 2.29. The van der Waals surface area contributed by atoms with E-state index in [2.05, 4.69) is 5.10 Å². The van der Waals surface area contributed by atoms with Crippen molar-refractivity contribution in [2.75, 3.05) is 0 Å².